The fraction of sp³-hybridized carbons (Fsp3) is 0.200. The molecule has 0 radical (unpaired) electrons. The van der Waals surface area contributed by atoms with Crippen molar-refractivity contribution in [3.05, 3.63) is 23.3 Å². The van der Waals surface area contributed by atoms with E-state index in [1.165, 1.54) is 6.07 Å². The van der Waals surface area contributed by atoms with Gasteiger partial charge in [-0.05, 0) is 12.1 Å². The zero-order valence-electron chi connectivity index (χ0n) is 8.91. The van der Waals surface area contributed by atoms with E-state index in [9.17, 15) is 23.1 Å². The van der Waals surface area contributed by atoms with Crippen LogP contribution in [0.1, 0.15) is 15.9 Å². The van der Waals surface area contributed by atoms with Crippen LogP contribution in [0.2, 0.25) is 0 Å². The molecule has 1 aromatic carbocycles. The Labute approximate surface area is 99.0 Å². The fourth-order valence-electron chi connectivity index (χ4n) is 1.19. The van der Waals surface area contributed by atoms with E-state index in [4.69, 9.17) is 5.26 Å². The lowest BCUT2D eigenvalue weighted by atomic mass is 10.1. The maximum atomic E-state index is 12.1. The third kappa shape index (κ3) is 2.82. The molecular formula is C10H6F3NO4. The largest absolute Gasteiger partial charge is 0.573 e. The van der Waals surface area contributed by atoms with Gasteiger partial charge in [0, 0.05) is 0 Å². The molecule has 18 heavy (non-hydrogen) atoms. The van der Waals surface area contributed by atoms with Crippen molar-refractivity contribution >= 4 is 5.97 Å². The number of phenols is 1. The maximum absolute atomic E-state index is 12.1. The van der Waals surface area contributed by atoms with Gasteiger partial charge in [-0.1, -0.05) is 0 Å². The summed E-state index contributed by atoms with van der Waals surface area (Å²) < 4.78 is 44.2. The Balaban J connectivity index is 3.47. The Morgan fingerprint density at radius 2 is 2.06 bits per heavy atom. The number of benzene rings is 1. The van der Waals surface area contributed by atoms with Crippen LogP contribution in [-0.4, -0.2) is 24.5 Å². The lowest BCUT2D eigenvalue weighted by molar-refractivity contribution is -0.275. The third-order valence-electron chi connectivity index (χ3n) is 1.86. The van der Waals surface area contributed by atoms with Crippen LogP contribution >= 0.6 is 0 Å². The van der Waals surface area contributed by atoms with Crippen molar-refractivity contribution in [1.82, 2.24) is 0 Å². The van der Waals surface area contributed by atoms with Crippen LogP contribution in [0.15, 0.2) is 12.1 Å². The van der Waals surface area contributed by atoms with Gasteiger partial charge >= 0.3 is 12.3 Å². The second-order valence-corrected chi connectivity index (χ2v) is 2.99. The molecule has 0 unspecified atom stereocenters. The molecule has 1 aromatic rings. The molecule has 1 rings (SSSR count). The number of phenolic OH excluding ortho intramolecular Hbond substituents is 1. The summed E-state index contributed by atoms with van der Waals surface area (Å²) in [6.45, 7) is 0. The van der Waals surface area contributed by atoms with Crippen LogP contribution in [0.5, 0.6) is 11.5 Å². The summed E-state index contributed by atoms with van der Waals surface area (Å²) in [7, 11) is 0.922. The summed E-state index contributed by atoms with van der Waals surface area (Å²) in [5, 5.41) is 18.0. The van der Waals surface area contributed by atoms with Crippen LogP contribution in [0.4, 0.5) is 13.2 Å². The van der Waals surface area contributed by atoms with Gasteiger partial charge in [-0.25, -0.2) is 4.79 Å². The number of halogens is 3. The first-order chi connectivity index (χ1) is 8.30. The number of hydrogen-bond donors (Lipinski definition) is 1. The number of alkyl halides is 3. The van der Waals surface area contributed by atoms with Crippen LogP contribution in [0.25, 0.3) is 0 Å². The van der Waals surface area contributed by atoms with Gasteiger partial charge in [-0.15, -0.1) is 13.2 Å². The molecule has 1 N–H and O–H groups in total. The van der Waals surface area contributed by atoms with Crippen molar-refractivity contribution in [2.24, 2.45) is 0 Å². The first-order valence-corrected chi connectivity index (χ1v) is 4.40. The number of carbonyl (C=O) groups is 1. The Kier molecular flexibility index (Phi) is 3.66. The number of hydrogen-bond acceptors (Lipinski definition) is 5. The number of ether oxygens (including phenoxy) is 2. The molecule has 0 saturated heterocycles. The maximum Gasteiger partial charge on any atom is 0.573 e. The van der Waals surface area contributed by atoms with Crippen molar-refractivity contribution in [1.29, 1.82) is 5.26 Å². The summed E-state index contributed by atoms with van der Waals surface area (Å²) in [4.78, 5) is 11.3. The first kappa shape index (κ1) is 13.6. The molecular weight excluding hydrogens is 255 g/mol. The Bertz CT molecular complexity index is 519. The highest BCUT2D eigenvalue weighted by molar-refractivity contribution is 5.96. The Morgan fingerprint density at radius 1 is 1.44 bits per heavy atom. The van der Waals surface area contributed by atoms with E-state index in [-0.39, 0.29) is 0 Å². The van der Waals surface area contributed by atoms with Crippen LogP contribution < -0.4 is 4.74 Å². The quantitative estimate of drug-likeness (QED) is 0.823. The van der Waals surface area contributed by atoms with Crippen molar-refractivity contribution in [3.8, 4) is 17.6 Å². The monoisotopic (exact) mass is 261 g/mol. The topological polar surface area (TPSA) is 79.6 Å². The van der Waals surface area contributed by atoms with Crippen LogP contribution in [0.3, 0.4) is 0 Å². The lowest BCUT2D eigenvalue weighted by Crippen LogP contribution is -2.20. The van der Waals surface area contributed by atoms with E-state index < -0.39 is 35.0 Å². The van der Waals surface area contributed by atoms with Gasteiger partial charge in [0.25, 0.3) is 0 Å². The number of carbonyl (C=O) groups excluding carboxylic acids is 1. The molecule has 0 heterocycles. The number of methoxy groups -OCH3 is 1. The first-order valence-electron chi connectivity index (χ1n) is 4.40. The van der Waals surface area contributed by atoms with Gasteiger partial charge in [0.05, 0.1) is 12.7 Å². The van der Waals surface area contributed by atoms with Gasteiger partial charge in [-0.3, -0.25) is 0 Å². The van der Waals surface area contributed by atoms with E-state index in [0.29, 0.717) is 0 Å². The standard InChI is InChI=1S/C10H6F3NO4/c1-17-9(16)7-5(4-14)2-3-6(15)8(7)18-10(11,12)13/h2-3,15H,1H3. The molecule has 96 valence electrons. The van der Waals surface area contributed by atoms with Crippen molar-refractivity contribution in [2.75, 3.05) is 7.11 Å². The number of nitriles is 1. The average Bonchev–Trinajstić information content (AvgIpc) is 2.29. The van der Waals surface area contributed by atoms with E-state index in [1.807, 2.05) is 0 Å². The third-order valence-corrected chi connectivity index (χ3v) is 1.86. The number of aromatic hydroxyl groups is 1. The lowest BCUT2D eigenvalue weighted by Gasteiger charge is -2.14. The van der Waals surface area contributed by atoms with Crippen molar-refractivity contribution < 1.29 is 32.5 Å². The predicted molar refractivity (Wildman–Crippen MR) is 50.8 cm³/mol. The highest BCUT2D eigenvalue weighted by Crippen LogP contribution is 2.36. The SMILES string of the molecule is COC(=O)c1c(C#N)ccc(O)c1OC(F)(F)F. The highest BCUT2D eigenvalue weighted by Gasteiger charge is 2.35. The van der Waals surface area contributed by atoms with Gasteiger partial charge in [-0.2, -0.15) is 5.26 Å². The number of esters is 1. The highest BCUT2D eigenvalue weighted by atomic mass is 19.4. The molecule has 0 saturated carbocycles. The molecule has 0 amide bonds. The van der Waals surface area contributed by atoms with Crippen LogP contribution in [0, 0.1) is 11.3 Å². The molecule has 0 aliphatic heterocycles. The average molecular weight is 261 g/mol. The molecule has 0 fully saturated rings. The molecule has 5 nitrogen and oxygen atoms in total. The minimum Gasteiger partial charge on any atom is -0.504 e. The zero-order valence-corrected chi connectivity index (χ0v) is 8.91. The van der Waals surface area contributed by atoms with E-state index in [1.54, 1.807) is 0 Å². The smallest absolute Gasteiger partial charge is 0.504 e. The molecule has 0 aliphatic rings. The van der Waals surface area contributed by atoms with Gasteiger partial charge in [0.1, 0.15) is 11.6 Å². The summed E-state index contributed by atoms with van der Waals surface area (Å²) in [6, 6.07) is 3.29. The molecule has 0 spiro atoms. The summed E-state index contributed by atoms with van der Waals surface area (Å²) in [5.41, 5.74) is -1.18. The van der Waals surface area contributed by atoms with Gasteiger partial charge < -0.3 is 14.6 Å². The second kappa shape index (κ2) is 4.83. The van der Waals surface area contributed by atoms with Gasteiger partial charge in [0.15, 0.2) is 11.5 Å². The minimum atomic E-state index is -5.12. The molecule has 0 atom stereocenters. The van der Waals surface area contributed by atoms with Gasteiger partial charge in [0.2, 0.25) is 0 Å². The molecule has 0 aromatic heterocycles. The minimum absolute atomic E-state index is 0.404. The molecule has 0 aliphatic carbocycles. The van der Waals surface area contributed by atoms with E-state index >= 15 is 0 Å². The Morgan fingerprint density at radius 3 is 2.50 bits per heavy atom. The van der Waals surface area contributed by atoms with Crippen LogP contribution in [-0.2, 0) is 4.74 Å². The summed E-state index contributed by atoms with van der Waals surface area (Å²) in [6.07, 6.45) is -5.12. The second-order valence-electron chi connectivity index (χ2n) is 2.99. The summed E-state index contributed by atoms with van der Waals surface area (Å²) in [5.74, 6) is -3.30. The molecule has 0 bridgehead atoms. The van der Waals surface area contributed by atoms with Crippen molar-refractivity contribution in [2.45, 2.75) is 6.36 Å². The number of rotatable bonds is 2. The Hall–Kier alpha value is -2.43. The van der Waals surface area contributed by atoms with E-state index in [0.717, 1.165) is 19.2 Å². The molecule has 8 heteroatoms. The van der Waals surface area contributed by atoms with Crippen molar-refractivity contribution in [3.63, 3.8) is 0 Å². The summed E-state index contributed by atoms with van der Waals surface area (Å²) >= 11 is 0. The zero-order chi connectivity index (χ0) is 13.9. The predicted octanol–water partition coefficient (Wildman–Crippen LogP) is 1.95. The number of nitrogens with zero attached hydrogens (tertiary/aromatic N) is 1. The van der Waals surface area contributed by atoms with E-state index in [2.05, 4.69) is 9.47 Å². The normalized spacial score (nSPS) is 10.6. The fourth-order valence-corrected chi connectivity index (χ4v) is 1.19.